The Hall–Kier alpha value is -1.71. The summed E-state index contributed by atoms with van der Waals surface area (Å²) in [7, 11) is 2.00. The van der Waals surface area contributed by atoms with Crippen molar-refractivity contribution >= 4 is 22.2 Å². The molecule has 3 heteroatoms. The fraction of sp³-hybridized carbons (Fsp3) is 0.188. The molecule has 0 saturated carbocycles. The number of thiophene rings is 1. The van der Waals surface area contributed by atoms with E-state index >= 15 is 0 Å². The fourth-order valence-electron chi connectivity index (χ4n) is 2.34. The number of nitrogens with one attached hydrogen (secondary N) is 1. The van der Waals surface area contributed by atoms with Gasteiger partial charge in [0, 0.05) is 21.3 Å². The standard InChI is InChI=1S/C16H16N2S/c1-11-5-8-15(19-11)16(17-2)13-7-6-12-4-3-9-18-14(12)10-13/h3-10,16-17H,1-2H3. The summed E-state index contributed by atoms with van der Waals surface area (Å²) in [4.78, 5) is 7.12. The minimum absolute atomic E-state index is 0.241. The number of fused-ring (bicyclic) bond motifs is 1. The van der Waals surface area contributed by atoms with Crippen LogP contribution >= 0.6 is 11.3 Å². The van der Waals surface area contributed by atoms with Gasteiger partial charge >= 0.3 is 0 Å². The lowest BCUT2D eigenvalue weighted by molar-refractivity contribution is 0.704. The summed E-state index contributed by atoms with van der Waals surface area (Å²) in [6.45, 7) is 2.14. The predicted molar refractivity (Wildman–Crippen MR) is 81.7 cm³/mol. The van der Waals surface area contributed by atoms with Crippen LogP contribution in [0.25, 0.3) is 10.9 Å². The van der Waals surface area contributed by atoms with Gasteiger partial charge in [0.1, 0.15) is 0 Å². The molecule has 1 unspecified atom stereocenters. The zero-order valence-electron chi connectivity index (χ0n) is 11.1. The summed E-state index contributed by atoms with van der Waals surface area (Å²) < 4.78 is 0. The third-order valence-electron chi connectivity index (χ3n) is 3.30. The number of rotatable bonds is 3. The van der Waals surface area contributed by atoms with E-state index in [1.807, 2.05) is 30.6 Å². The van der Waals surface area contributed by atoms with Crippen molar-refractivity contribution in [1.29, 1.82) is 0 Å². The Balaban J connectivity index is 2.06. The topological polar surface area (TPSA) is 24.9 Å². The molecule has 0 radical (unpaired) electrons. The minimum atomic E-state index is 0.241. The lowest BCUT2D eigenvalue weighted by Crippen LogP contribution is -2.16. The van der Waals surface area contributed by atoms with E-state index in [2.05, 4.69) is 53.6 Å². The zero-order valence-corrected chi connectivity index (χ0v) is 11.9. The van der Waals surface area contributed by atoms with Crippen molar-refractivity contribution in [3.05, 3.63) is 64.0 Å². The third-order valence-corrected chi connectivity index (χ3v) is 4.36. The highest BCUT2D eigenvalue weighted by Gasteiger charge is 2.14. The average molecular weight is 268 g/mol. The second-order valence-electron chi connectivity index (χ2n) is 4.63. The monoisotopic (exact) mass is 268 g/mol. The van der Waals surface area contributed by atoms with Crippen LogP contribution in [0.3, 0.4) is 0 Å². The van der Waals surface area contributed by atoms with Crippen molar-refractivity contribution in [1.82, 2.24) is 10.3 Å². The zero-order chi connectivity index (χ0) is 13.2. The van der Waals surface area contributed by atoms with E-state index in [0.717, 1.165) is 5.52 Å². The Bertz CT molecular complexity index is 703. The molecule has 96 valence electrons. The van der Waals surface area contributed by atoms with Crippen LogP contribution in [-0.2, 0) is 0 Å². The number of pyridine rings is 1. The van der Waals surface area contributed by atoms with Gasteiger partial charge in [0.05, 0.1) is 11.6 Å². The van der Waals surface area contributed by atoms with Gasteiger partial charge in [-0.2, -0.15) is 0 Å². The Labute approximate surface area is 117 Å². The lowest BCUT2D eigenvalue weighted by Gasteiger charge is -2.15. The molecule has 19 heavy (non-hydrogen) atoms. The van der Waals surface area contributed by atoms with Crippen LogP contribution in [0.5, 0.6) is 0 Å². The number of nitrogens with zero attached hydrogens (tertiary/aromatic N) is 1. The van der Waals surface area contributed by atoms with E-state index in [9.17, 15) is 0 Å². The molecule has 3 aromatic rings. The molecule has 0 aliphatic rings. The highest BCUT2D eigenvalue weighted by molar-refractivity contribution is 7.12. The van der Waals surface area contributed by atoms with Crippen molar-refractivity contribution in [3.63, 3.8) is 0 Å². The molecule has 0 spiro atoms. The molecule has 2 aromatic heterocycles. The maximum Gasteiger partial charge on any atom is 0.0705 e. The van der Waals surface area contributed by atoms with E-state index < -0.39 is 0 Å². The Morgan fingerprint density at radius 3 is 2.79 bits per heavy atom. The smallest absolute Gasteiger partial charge is 0.0705 e. The molecule has 3 rings (SSSR count). The Morgan fingerprint density at radius 2 is 2.05 bits per heavy atom. The molecule has 0 bridgehead atoms. The first-order valence-electron chi connectivity index (χ1n) is 6.36. The molecule has 2 nitrogen and oxygen atoms in total. The molecule has 0 aliphatic carbocycles. The first kappa shape index (κ1) is 12.3. The van der Waals surface area contributed by atoms with Crippen LogP contribution in [0.4, 0.5) is 0 Å². The number of hydrogen-bond acceptors (Lipinski definition) is 3. The molecular weight excluding hydrogens is 252 g/mol. The largest absolute Gasteiger partial charge is 0.309 e. The number of hydrogen-bond donors (Lipinski definition) is 1. The summed E-state index contributed by atoms with van der Waals surface area (Å²) in [5.74, 6) is 0. The molecule has 0 aliphatic heterocycles. The summed E-state index contributed by atoms with van der Waals surface area (Å²) in [5.41, 5.74) is 2.31. The van der Waals surface area contributed by atoms with E-state index in [1.165, 1.54) is 20.7 Å². The normalized spacial score (nSPS) is 12.7. The van der Waals surface area contributed by atoms with Crippen LogP contribution in [-0.4, -0.2) is 12.0 Å². The molecule has 1 aromatic carbocycles. The lowest BCUT2D eigenvalue weighted by atomic mass is 10.0. The van der Waals surface area contributed by atoms with Gasteiger partial charge in [-0.15, -0.1) is 11.3 Å². The third kappa shape index (κ3) is 2.39. The van der Waals surface area contributed by atoms with Crippen molar-refractivity contribution in [2.45, 2.75) is 13.0 Å². The van der Waals surface area contributed by atoms with Gasteiger partial charge in [-0.25, -0.2) is 0 Å². The SMILES string of the molecule is CNC(c1ccc2cccnc2c1)c1ccc(C)s1. The van der Waals surface area contributed by atoms with Crippen molar-refractivity contribution in [2.75, 3.05) is 7.05 Å². The second kappa shape index (κ2) is 5.11. The summed E-state index contributed by atoms with van der Waals surface area (Å²) >= 11 is 1.84. The summed E-state index contributed by atoms with van der Waals surface area (Å²) in [5, 5.41) is 4.58. The van der Waals surface area contributed by atoms with Gasteiger partial charge in [0.15, 0.2) is 0 Å². The van der Waals surface area contributed by atoms with Crippen molar-refractivity contribution in [2.24, 2.45) is 0 Å². The Morgan fingerprint density at radius 1 is 1.16 bits per heavy atom. The fourth-order valence-corrected chi connectivity index (χ4v) is 3.36. The molecule has 0 amide bonds. The number of aromatic nitrogens is 1. The van der Waals surface area contributed by atoms with Crippen LogP contribution in [0, 0.1) is 6.92 Å². The summed E-state index contributed by atoms with van der Waals surface area (Å²) in [6.07, 6.45) is 1.84. The van der Waals surface area contributed by atoms with Gasteiger partial charge in [0.25, 0.3) is 0 Å². The highest BCUT2D eigenvalue weighted by atomic mass is 32.1. The van der Waals surface area contributed by atoms with Crippen LogP contribution in [0.2, 0.25) is 0 Å². The second-order valence-corrected chi connectivity index (χ2v) is 5.95. The van der Waals surface area contributed by atoms with Gasteiger partial charge in [-0.1, -0.05) is 18.2 Å². The first-order chi connectivity index (χ1) is 9.28. The van der Waals surface area contributed by atoms with Crippen LogP contribution < -0.4 is 5.32 Å². The maximum absolute atomic E-state index is 4.43. The maximum atomic E-state index is 4.43. The molecular formula is C16H16N2S. The van der Waals surface area contributed by atoms with Crippen LogP contribution in [0.15, 0.2) is 48.7 Å². The molecule has 2 heterocycles. The van der Waals surface area contributed by atoms with Crippen molar-refractivity contribution < 1.29 is 0 Å². The van der Waals surface area contributed by atoms with Crippen LogP contribution in [0.1, 0.15) is 21.4 Å². The van der Waals surface area contributed by atoms with E-state index in [1.54, 1.807) is 0 Å². The number of benzene rings is 1. The summed E-state index contributed by atoms with van der Waals surface area (Å²) in [6, 6.07) is 15.2. The van der Waals surface area contributed by atoms with E-state index in [4.69, 9.17) is 0 Å². The van der Waals surface area contributed by atoms with Gasteiger partial charge in [0.2, 0.25) is 0 Å². The molecule has 1 N–H and O–H groups in total. The molecule has 1 atom stereocenters. The van der Waals surface area contributed by atoms with Gasteiger partial charge in [-0.05, 0) is 43.8 Å². The number of aryl methyl sites for hydroxylation is 1. The molecule has 0 fully saturated rings. The highest BCUT2D eigenvalue weighted by Crippen LogP contribution is 2.29. The average Bonchev–Trinajstić information content (AvgIpc) is 2.86. The van der Waals surface area contributed by atoms with Crippen molar-refractivity contribution in [3.8, 4) is 0 Å². The van der Waals surface area contributed by atoms with Gasteiger partial charge in [-0.3, -0.25) is 4.98 Å². The first-order valence-corrected chi connectivity index (χ1v) is 7.18. The quantitative estimate of drug-likeness (QED) is 0.779. The minimum Gasteiger partial charge on any atom is -0.309 e. The molecule has 0 saturated heterocycles. The van der Waals surface area contributed by atoms with E-state index in [0.29, 0.717) is 0 Å². The van der Waals surface area contributed by atoms with E-state index in [-0.39, 0.29) is 6.04 Å². The Kier molecular flexibility index (Phi) is 3.32. The predicted octanol–water partition coefficient (Wildman–Crippen LogP) is 3.91. The van der Waals surface area contributed by atoms with Gasteiger partial charge < -0.3 is 5.32 Å².